The molecule has 1 aliphatic rings. The fraction of sp³-hybridized carbons (Fsp3) is 0.188. The molecule has 21 heavy (non-hydrogen) atoms. The van der Waals surface area contributed by atoms with E-state index in [1.165, 1.54) is 17.3 Å². The van der Waals surface area contributed by atoms with Crippen LogP contribution in [0.3, 0.4) is 0 Å². The summed E-state index contributed by atoms with van der Waals surface area (Å²) in [5.74, 6) is -0.667. The van der Waals surface area contributed by atoms with Crippen molar-refractivity contribution in [2.24, 2.45) is 0 Å². The van der Waals surface area contributed by atoms with Gasteiger partial charge in [0.15, 0.2) is 0 Å². The highest BCUT2D eigenvalue weighted by atomic mass is 16.3. The number of anilines is 1. The van der Waals surface area contributed by atoms with E-state index in [2.05, 4.69) is 4.98 Å². The first kappa shape index (κ1) is 13.5. The van der Waals surface area contributed by atoms with Crippen LogP contribution in [0.4, 0.5) is 5.69 Å². The Morgan fingerprint density at radius 1 is 1.10 bits per heavy atom. The van der Waals surface area contributed by atoms with E-state index in [1.54, 1.807) is 12.1 Å². The van der Waals surface area contributed by atoms with Crippen molar-refractivity contribution in [1.82, 2.24) is 4.98 Å². The van der Waals surface area contributed by atoms with Gasteiger partial charge in [0.25, 0.3) is 11.8 Å². The molecule has 0 saturated carbocycles. The minimum Gasteiger partial charge on any atom is -0.396 e. The highest BCUT2D eigenvalue weighted by molar-refractivity contribution is 6.34. The van der Waals surface area contributed by atoms with Gasteiger partial charge in [-0.2, -0.15) is 0 Å². The normalized spacial score (nSPS) is 13.7. The Morgan fingerprint density at radius 2 is 1.90 bits per heavy atom. The van der Waals surface area contributed by atoms with Crippen molar-refractivity contribution in [3.05, 3.63) is 59.4 Å². The summed E-state index contributed by atoms with van der Waals surface area (Å²) in [4.78, 5) is 29.8. The summed E-state index contributed by atoms with van der Waals surface area (Å²) in [5.41, 5.74) is 2.26. The summed E-state index contributed by atoms with van der Waals surface area (Å²) in [6.45, 7) is 0.114. The van der Waals surface area contributed by atoms with E-state index >= 15 is 0 Å². The molecule has 0 fully saturated rings. The summed E-state index contributed by atoms with van der Waals surface area (Å²) in [7, 11) is 0. The van der Waals surface area contributed by atoms with Crippen molar-refractivity contribution in [3.8, 4) is 0 Å². The molecule has 0 aliphatic carbocycles. The summed E-state index contributed by atoms with van der Waals surface area (Å²) < 4.78 is 0. The van der Waals surface area contributed by atoms with Crippen LogP contribution in [-0.2, 0) is 6.42 Å². The third-order valence-electron chi connectivity index (χ3n) is 3.48. The minimum absolute atomic E-state index is 0.114. The van der Waals surface area contributed by atoms with Crippen LogP contribution < -0.4 is 4.90 Å². The molecule has 0 radical (unpaired) electrons. The Labute approximate surface area is 121 Å². The topological polar surface area (TPSA) is 70.5 Å². The first-order valence-corrected chi connectivity index (χ1v) is 6.75. The smallest absolute Gasteiger partial charge is 0.267 e. The lowest BCUT2D eigenvalue weighted by Crippen LogP contribution is -2.29. The number of imide groups is 1. The number of rotatable bonds is 4. The zero-order chi connectivity index (χ0) is 14.8. The minimum atomic E-state index is -0.345. The maximum atomic E-state index is 12.4. The number of aromatic nitrogens is 1. The van der Waals surface area contributed by atoms with Gasteiger partial charge in [-0.15, -0.1) is 0 Å². The van der Waals surface area contributed by atoms with Crippen LogP contribution in [0.5, 0.6) is 0 Å². The average Bonchev–Trinajstić information content (AvgIpc) is 2.78. The lowest BCUT2D eigenvalue weighted by Gasteiger charge is -2.14. The number of hydrogen-bond acceptors (Lipinski definition) is 4. The molecule has 5 nitrogen and oxygen atoms in total. The molecular formula is C16H14N2O3. The molecule has 0 spiro atoms. The number of fused-ring (bicyclic) bond motifs is 1. The Morgan fingerprint density at radius 3 is 2.67 bits per heavy atom. The Kier molecular flexibility index (Phi) is 3.50. The summed E-state index contributed by atoms with van der Waals surface area (Å²) in [6, 6.07) is 8.83. The number of pyridine rings is 1. The number of aliphatic hydroxyl groups is 1. The Bertz CT molecular complexity index is 677. The zero-order valence-electron chi connectivity index (χ0n) is 11.3. The molecule has 5 heteroatoms. The van der Waals surface area contributed by atoms with Crippen molar-refractivity contribution in [2.45, 2.75) is 12.8 Å². The van der Waals surface area contributed by atoms with Crippen LogP contribution in [0.25, 0.3) is 0 Å². The number of nitrogens with zero attached hydrogens (tertiary/aromatic N) is 2. The van der Waals surface area contributed by atoms with Gasteiger partial charge in [0.1, 0.15) is 0 Å². The molecule has 1 aromatic heterocycles. The maximum absolute atomic E-state index is 12.4. The quantitative estimate of drug-likeness (QED) is 0.868. The highest BCUT2D eigenvalue weighted by Gasteiger charge is 2.36. The largest absolute Gasteiger partial charge is 0.396 e. The lowest BCUT2D eigenvalue weighted by atomic mass is 10.1. The molecule has 3 rings (SSSR count). The molecular weight excluding hydrogens is 268 g/mol. The monoisotopic (exact) mass is 282 g/mol. The zero-order valence-corrected chi connectivity index (χ0v) is 11.3. The van der Waals surface area contributed by atoms with Crippen LogP contribution in [0.15, 0.2) is 42.7 Å². The third-order valence-corrected chi connectivity index (χ3v) is 3.48. The molecule has 1 N–H and O–H groups in total. The third kappa shape index (κ3) is 2.32. The SMILES string of the molecule is O=C1c2ccncc2C(=O)N1c1cccc(CCCO)c1. The van der Waals surface area contributed by atoms with Crippen LogP contribution in [-0.4, -0.2) is 28.5 Å². The predicted molar refractivity (Wildman–Crippen MR) is 77.2 cm³/mol. The molecule has 1 aromatic carbocycles. The van der Waals surface area contributed by atoms with Crippen LogP contribution >= 0.6 is 0 Å². The lowest BCUT2D eigenvalue weighted by molar-refractivity contribution is 0.0926. The van der Waals surface area contributed by atoms with Crippen molar-refractivity contribution < 1.29 is 14.7 Å². The van der Waals surface area contributed by atoms with Crippen LogP contribution in [0.2, 0.25) is 0 Å². The molecule has 2 aromatic rings. The second-order valence-electron chi connectivity index (χ2n) is 4.86. The summed E-state index contributed by atoms with van der Waals surface area (Å²) >= 11 is 0. The molecule has 2 amide bonds. The Hall–Kier alpha value is -2.53. The average molecular weight is 282 g/mol. The van der Waals surface area contributed by atoms with Crippen molar-refractivity contribution in [2.75, 3.05) is 11.5 Å². The molecule has 106 valence electrons. The molecule has 0 unspecified atom stereocenters. The molecule has 0 bridgehead atoms. The van der Waals surface area contributed by atoms with E-state index < -0.39 is 0 Å². The van der Waals surface area contributed by atoms with Crippen molar-refractivity contribution in [1.29, 1.82) is 0 Å². The fourth-order valence-electron chi connectivity index (χ4n) is 2.45. The van der Waals surface area contributed by atoms with Gasteiger partial charge in [0.05, 0.1) is 16.8 Å². The first-order valence-electron chi connectivity index (χ1n) is 6.75. The van der Waals surface area contributed by atoms with Gasteiger partial charge in [-0.1, -0.05) is 12.1 Å². The van der Waals surface area contributed by atoms with E-state index in [-0.39, 0.29) is 18.4 Å². The van der Waals surface area contributed by atoms with Crippen LogP contribution in [0, 0.1) is 0 Å². The van der Waals surface area contributed by atoms with Gasteiger partial charge >= 0.3 is 0 Å². The summed E-state index contributed by atoms with van der Waals surface area (Å²) in [5, 5.41) is 8.89. The van der Waals surface area contributed by atoms with E-state index in [0.717, 1.165) is 5.56 Å². The molecule has 2 heterocycles. The number of carbonyl (C=O) groups excluding carboxylic acids is 2. The summed E-state index contributed by atoms with van der Waals surface area (Å²) in [6.07, 6.45) is 4.28. The second kappa shape index (κ2) is 5.46. The first-order chi connectivity index (χ1) is 10.2. The molecule has 0 saturated heterocycles. The fourth-order valence-corrected chi connectivity index (χ4v) is 2.45. The highest BCUT2D eigenvalue weighted by Crippen LogP contribution is 2.28. The number of hydrogen-bond donors (Lipinski definition) is 1. The number of aryl methyl sites for hydroxylation is 1. The number of amides is 2. The van der Waals surface area contributed by atoms with Gasteiger partial charge in [-0.25, -0.2) is 4.90 Å². The van der Waals surface area contributed by atoms with E-state index in [4.69, 9.17) is 5.11 Å². The van der Waals surface area contributed by atoms with Gasteiger partial charge in [0.2, 0.25) is 0 Å². The molecule has 1 aliphatic heterocycles. The second-order valence-corrected chi connectivity index (χ2v) is 4.86. The standard InChI is InChI=1S/C16H14N2O3/c19-8-2-4-11-3-1-5-12(9-11)18-15(20)13-6-7-17-10-14(13)16(18)21/h1,3,5-7,9-10,19H,2,4,8H2. The van der Waals surface area contributed by atoms with Crippen LogP contribution in [0.1, 0.15) is 32.7 Å². The van der Waals surface area contributed by atoms with E-state index in [1.807, 2.05) is 18.2 Å². The van der Waals surface area contributed by atoms with Gasteiger partial charge < -0.3 is 5.11 Å². The Balaban J connectivity index is 1.95. The number of benzene rings is 1. The maximum Gasteiger partial charge on any atom is 0.267 e. The number of carbonyl (C=O) groups is 2. The van der Waals surface area contributed by atoms with Gasteiger partial charge in [0, 0.05) is 19.0 Å². The van der Waals surface area contributed by atoms with Crippen molar-refractivity contribution in [3.63, 3.8) is 0 Å². The predicted octanol–water partition coefficient (Wildman–Crippen LogP) is 1.81. The van der Waals surface area contributed by atoms with E-state index in [0.29, 0.717) is 29.7 Å². The van der Waals surface area contributed by atoms with E-state index in [9.17, 15) is 9.59 Å². The number of aliphatic hydroxyl groups excluding tert-OH is 1. The van der Waals surface area contributed by atoms with Gasteiger partial charge in [-0.05, 0) is 36.6 Å². The van der Waals surface area contributed by atoms with Gasteiger partial charge in [-0.3, -0.25) is 14.6 Å². The van der Waals surface area contributed by atoms with Crippen molar-refractivity contribution >= 4 is 17.5 Å². The molecule has 0 atom stereocenters.